The van der Waals surface area contributed by atoms with Crippen molar-refractivity contribution >= 4 is 41.8 Å². The summed E-state index contributed by atoms with van der Waals surface area (Å²) in [5.41, 5.74) is 2.49. The number of carbonyl (C=O) groups is 2. The molecule has 2 amide bonds. The maximum absolute atomic E-state index is 12.8. The normalized spacial score (nSPS) is 26.5. The molecule has 2 aliphatic carbocycles. The second kappa shape index (κ2) is 10.1. The van der Waals surface area contributed by atoms with Crippen molar-refractivity contribution in [1.29, 1.82) is 0 Å². The monoisotopic (exact) mass is 537 g/mol. The predicted octanol–water partition coefficient (Wildman–Crippen LogP) is 1.84. The zero-order chi connectivity index (χ0) is 21.3. The molecule has 1 aromatic rings. The summed E-state index contributed by atoms with van der Waals surface area (Å²) in [4.78, 5) is 33.4. The van der Waals surface area contributed by atoms with Gasteiger partial charge in [0.2, 0.25) is 11.8 Å². The van der Waals surface area contributed by atoms with Crippen LogP contribution in [0.5, 0.6) is 0 Å². The largest absolute Gasteiger partial charge is 0.355 e. The van der Waals surface area contributed by atoms with Crippen LogP contribution in [0, 0.1) is 23.7 Å². The van der Waals surface area contributed by atoms with Crippen molar-refractivity contribution in [3.8, 4) is 0 Å². The van der Waals surface area contributed by atoms with E-state index in [9.17, 15) is 9.59 Å². The maximum atomic E-state index is 12.8. The molecule has 2 bridgehead atoms. The van der Waals surface area contributed by atoms with E-state index in [4.69, 9.17) is 0 Å². The second-order valence-electron chi connectivity index (χ2n) is 8.69. The number of aliphatic imine (C=N–C) groups is 1. The van der Waals surface area contributed by atoms with Crippen LogP contribution < -0.4 is 10.6 Å². The van der Waals surface area contributed by atoms with E-state index < -0.39 is 0 Å². The number of guanidine groups is 1. The van der Waals surface area contributed by atoms with E-state index in [0.29, 0.717) is 25.6 Å². The van der Waals surface area contributed by atoms with Gasteiger partial charge in [-0.2, -0.15) is 0 Å². The minimum Gasteiger partial charge on any atom is -0.355 e. The summed E-state index contributed by atoms with van der Waals surface area (Å²) >= 11 is 0. The third-order valence-electron chi connectivity index (χ3n) is 6.46. The van der Waals surface area contributed by atoms with Crippen LogP contribution in [0.3, 0.4) is 0 Å². The summed E-state index contributed by atoms with van der Waals surface area (Å²) in [6, 6.07) is 8.34. The fourth-order valence-electron chi connectivity index (χ4n) is 5.10. The van der Waals surface area contributed by atoms with Crippen molar-refractivity contribution in [2.24, 2.45) is 28.7 Å². The molecule has 1 aromatic carbocycles. The summed E-state index contributed by atoms with van der Waals surface area (Å²) in [5, 5.41) is 6.57. The lowest BCUT2D eigenvalue weighted by atomic mass is 9.85. The highest BCUT2D eigenvalue weighted by Gasteiger charge is 2.58. The molecule has 0 radical (unpaired) electrons. The van der Waals surface area contributed by atoms with Gasteiger partial charge in [-0.3, -0.25) is 19.5 Å². The molecule has 4 rings (SSSR count). The molecular formula is C23H32IN5O2. The molecule has 3 aliphatic rings. The molecule has 8 heteroatoms. The number of rotatable bonds is 7. The van der Waals surface area contributed by atoms with Crippen LogP contribution in [0.4, 0.5) is 0 Å². The summed E-state index contributed by atoms with van der Waals surface area (Å²) in [6.07, 6.45) is 5.21. The van der Waals surface area contributed by atoms with E-state index in [0.717, 1.165) is 13.0 Å². The average Bonchev–Trinajstić information content (AvgIpc) is 3.40. The van der Waals surface area contributed by atoms with E-state index in [-0.39, 0.29) is 59.5 Å². The Morgan fingerprint density at radius 2 is 1.68 bits per heavy atom. The highest BCUT2D eigenvalue weighted by molar-refractivity contribution is 14.0. The van der Waals surface area contributed by atoms with Crippen LogP contribution in [0.2, 0.25) is 0 Å². The van der Waals surface area contributed by atoms with E-state index in [1.807, 2.05) is 6.07 Å². The van der Waals surface area contributed by atoms with Gasteiger partial charge < -0.3 is 15.5 Å². The number of hydrogen-bond acceptors (Lipinski definition) is 4. The molecule has 1 heterocycles. The van der Waals surface area contributed by atoms with Crippen LogP contribution in [0.25, 0.3) is 0 Å². The van der Waals surface area contributed by atoms with Gasteiger partial charge in [-0.1, -0.05) is 36.4 Å². The minimum absolute atomic E-state index is 0. The fourth-order valence-corrected chi connectivity index (χ4v) is 5.10. The van der Waals surface area contributed by atoms with Gasteiger partial charge >= 0.3 is 0 Å². The van der Waals surface area contributed by atoms with Crippen molar-refractivity contribution in [3.63, 3.8) is 0 Å². The molecule has 1 saturated carbocycles. The molecule has 31 heavy (non-hydrogen) atoms. The number of allylic oxidation sites excluding steroid dienone is 2. The second-order valence-corrected chi connectivity index (χ2v) is 8.69. The SMILES string of the molecule is CN=C(NCCN1C(=O)C2C3C=CC(C3)C2C1=O)NCc1ccccc1CN(C)C.I. The third-order valence-corrected chi connectivity index (χ3v) is 6.46. The molecule has 2 fully saturated rings. The Bertz CT molecular complexity index is 854. The first-order valence-corrected chi connectivity index (χ1v) is 10.7. The lowest BCUT2D eigenvalue weighted by molar-refractivity contribution is -0.140. The molecule has 4 unspecified atom stereocenters. The Balaban J connectivity index is 0.00000272. The van der Waals surface area contributed by atoms with E-state index in [1.165, 1.54) is 16.0 Å². The third kappa shape index (κ3) is 4.79. The smallest absolute Gasteiger partial charge is 0.233 e. The molecule has 2 N–H and O–H groups in total. The number of carbonyl (C=O) groups excluding carboxylic acids is 2. The Labute approximate surface area is 201 Å². The van der Waals surface area contributed by atoms with Crippen molar-refractivity contribution in [3.05, 3.63) is 47.5 Å². The zero-order valence-electron chi connectivity index (χ0n) is 18.4. The zero-order valence-corrected chi connectivity index (χ0v) is 20.7. The van der Waals surface area contributed by atoms with Gasteiger partial charge in [-0.05, 0) is 43.5 Å². The number of fused-ring (bicyclic) bond motifs is 5. The number of halogens is 1. The summed E-state index contributed by atoms with van der Waals surface area (Å²) in [5.74, 6) is 0.928. The maximum Gasteiger partial charge on any atom is 0.233 e. The molecule has 4 atom stereocenters. The number of imide groups is 1. The van der Waals surface area contributed by atoms with Gasteiger partial charge in [-0.25, -0.2) is 0 Å². The average molecular weight is 537 g/mol. The summed E-state index contributed by atoms with van der Waals surface area (Å²) < 4.78 is 0. The van der Waals surface area contributed by atoms with Crippen LogP contribution in [0.1, 0.15) is 17.5 Å². The van der Waals surface area contributed by atoms with Gasteiger partial charge in [0, 0.05) is 33.2 Å². The first-order chi connectivity index (χ1) is 14.5. The number of nitrogens with zero attached hydrogens (tertiary/aromatic N) is 3. The van der Waals surface area contributed by atoms with Crippen molar-refractivity contribution in [2.45, 2.75) is 19.5 Å². The van der Waals surface area contributed by atoms with Crippen LogP contribution in [-0.4, -0.2) is 61.8 Å². The fraction of sp³-hybridized carbons (Fsp3) is 0.522. The molecule has 0 aromatic heterocycles. The predicted molar refractivity (Wildman–Crippen MR) is 132 cm³/mol. The van der Waals surface area contributed by atoms with Crippen molar-refractivity contribution in [2.75, 3.05) is 34.2 Å². The van der Waals surface area contributed by atoms with E-state index in [1.54, 1.807) is 7.05 Å². The first kappa shape index (κ1) is 23.7. The highest BCUT2D eigenvalue weighted by atomic mass is 127. The Hall–Kier alpha value is -1.94. The van der Waals surface area contributed by atoms with Gasteiger partial charge in [0.15, 0.2) is 5.96 Å². The molecule has 168 valence electrons. The Morgan fingerprint density at radius 3 is 2.26 bits per heavy atom. The summed E-state index contributed by atoms with van der Waals surface area (Å²) in [6.45, 7) is 2.40. The minimum atomic E-state index is -0.127. The number of benzene rings is 1. The molecule has 1 saturated heterocycles. The standard InChI is InChI=1S/C23H31N5O2.HI/c1-24-23(26-13-17-6-4-5-7-18(17)14-27(2)3)25-10-11-28-21(29)19-15-8-9-16(12-15)20(19)22(28)30;/h4-9,15-16,19-20H,10-14H2,1-3H3,(H2,24,25,26);1H. The Kier molecular flexibility index (Phi) is 7.74. The summed E-state index contributed by atoms with van der Waals surface area (Å²) in [7, 11) is 5.84. The van der Waals surface area contributed by atoms with E-state index in [2.05, 4.69) is 65.0 Å². The van der Waals surface area contributed by atoms with Crippen LogP contribution in [0.15, 0.2) is 41.4 Å². The van der Waals surface area contributed by atoms with Crippen molar-refractivity contribution < 1.29 is 9.59 Å². The highest BCUT2D eigenvalue weighted by Crippen LogP contribution is 2.52. The lowest BCUT2D eigenvalue weighted by Crippen LogP contribution is -2.43. The quantitative estimate of drug-likeness (QED) is 0.183. The molecular weight excluding hydrogens is 505 g/mol. The van der Waals surface area contributed by atoms with Crippen LogP contribution >= 0.6 is 24.0 Å². The van der Waals surface area contributed by atoms with Gasteiger partial charge in [0.25, 0.3) is 0 Å². The number of nitrogens with one attached hydrogen (secondary N) is 2. The Morgan fingerprint density at radius 1 is 1.06 bits per heavy atom. The number of hydrogen-bond donors (Lipinski definition) is 2. The van der Waals surface area contributed by atoms with E-state index >= 15 is 0 Å². The molecule has 0 spiro atoms. The number of likely N-dealkylation sites (tertiary alicyclic amines) is 1. The van der Waals surface area contributed by atoms with Crippen molar-refractivity contribution in [1.82, 2.24) is 20.4 Å². The molecule has 1 aliphatic heterocycles. The molecule has 7 nitrogen and oxygen atoms in total. The van der Waals surface area contributed by atoms with Gasteiger partial charge in [0.05, 0.1) is 11.8 Å². The van der Waals surface area contributed by atoms with Gasteiger partial charge in [0.1, 0.15) is 0 Å². The van der Waals surface area contributed by atoms with Crippen LogP contribution in [-0.2, 0) is 22.7 Å². The topological polar surface area (TPSA) is 77.0 Å². The van der Waals surface area contributed by atoms with Gasteiger partial charge in [-0.15, -0.1) is 24.0 Å². The number of amides is 2. The first-order valence-electron chi connectivity index (χ1n) is 10.7. The lowest BCUT2D eigenvalue weighted by Gasteiger charge is -2.19.